The zero-order chi connectivity index (χ0) is 19.7. The summed E-state index contributed by atoms with van der Waals surface area (Å²) in [6, 6.07) is 7.61. The second kappa shape index (κ2) is 6.19. The van der Waals surface area contributed by atoms with Gasteiger partial charge in [-0.25, -0.2) is 0 Å². The van der Waals surface area contributed by atoms with E-state index >= 15 is 0 Å². The maximum absolute atomic E-state index is 12.4. The van der Waals surface area contributed by atoms with Crippen molar-refractivity contribution in [2.75, 3.05) is 0 Å². The van der Waals surface area contributed by atoms with Crippen LogP contribution in [0.5, 0.6) is 5.75 Å². The van der Waals surface area contributed by atoms with Gasteiger partial charge in [0.15, 0.2) is 5.78 Å². The Bertz CT molecular complexity index is 825. The highest BCUT2D eigenvalue weighted by molar-refractivity contribution is 5.92. The smallest absolute Gasteiger partial charge is 0.155 e. The first-order chi connectivity index (χ1) is 13.3. The van der Waals surface area contributed by atoms with Gasteiger partial charge < -0.3 is 10.2 Å². The summed E-state index contributed by atoms with van der Waals surface area (Å²) in [5.74, 6) is 2.60. The van der Waals surface area contributed by atoms with Crippen LogP contribution in [0.15, 0.2) is 35.9 Å². The Morgan fingerprint density at radius 3 is 2.50 bits per heavy atom. The number of hydrogen-bond acceptors (Lipinski definition) is 3. The third-order valence-corrected chi connectivity index (χ3v) is 9.25. The Kier molecular flexibility index (Phi) is 4.07. The quantitative estimate of drug-likeness (QED) is 0.722. The molecule has 3 heteroatoms. The van der Waals surface area contributed by atoms with Gasteiger partial charge in [-0.3, -0.25) is 4.79 Å². The molecular weight excluding hydrogens is 348 g/mol. The Labute approximate surface area is 167 Å². The van der Waals surface area contributed by atoms with Gasteiger partial charge >= 0.3 is 0 Å². The Morgan fingerprint density at radius 1 is 1.00 bits per heavy atom. The molecule has 1 aromatic rings. The van der Waals surface area contributed by atoms with Gasteiger partial charge in [-0.05, 0) is 90.9 Å². The van der Waals surface area contributed by atoms with Gasteiger partial charge in [0.25, 0.3) is 0 Å². The normalized spacial score (nSPS) is 45.0. The van der Waals surface area contributed by atoms with Gasteiger partial charge in [0.2, 0.25) is 0 Å². The lowest BCUT2D eigenvalue weighted by Crippen LogP contribution is -2.52. The first-order valence-electron chi connectivity index (χ1n) is 11.0. The first-order valence-corrected chi connectivity index (χ1v) is 11.0. The maximum Gasteiger partial charge on any atom is 0.155 e. The lowest BCUT2D eigenvalue weighted by molar-refractivity contribution is -0.118. The second-order valence-electron chi connectivity index (χ2n) is 10.4. The predicted octanol–water partition coefficient (Wildman–Crippen LogP) is 4.98. The molecule has 4 aliphatic rings. The van der Waals surface area contributed by atoms with E-state index in [1.165, 1.54) is 17.6 Å². The molecule has 7 atom stereocenters. The van der Waals surface area contributed by atoms with E-state index in [0.717, 1.165) is 32.1 Å². The fourth-order valence-corrected chi connectivity index (χ4v) is 7.64. The number of aromatic hydroxyl groups is 1. The lowest BCUT2D eigenvalue weighted by Gasteiger charge is -2.59. The molecule has 3 fully saturated rings. The van der Waals surface area contributed by atoms with Crippen molar-refractivity contribution in [1.82, 2.24) is 0 Å². The predicted molar refractivity (Wildman–Crippen MR) is 109 cm³/mol. The van der Waals surface area contributed by atoms with Crippen molar-refractivity contribution in [3.63, 3.8) is 0 Å². The van der Waals surface area contributed by atoms with E-state index in [-0.39, 0.29) is 34.4 Å². The van der Waals surface area contributed by atoms with Crippen LogP contribution in [-0.2, 0) is 4.79 Å². The Hall–Kier alpha value is -1.61. The van der Waals surface area contributed by atoms with Gasteiger partial charge in [-0.2, -0.15) is 0 Å². The molecule has 3 nitrogen and oxygen atoms in total. The lowest BCUT2D eigenvalue weighted by atomic mass is 9.45. The molecule has 2 N–H and O–H groups in total. The average molecular weight is 381 g/mol. The molecule has 0 unspecified atom stereocenters. The van der Waals surface area contributed by atoms with Crippen molar-refractivity contribution in [2.45, 2.75) is 70.8 Å². The molecule has 0 aliphatic heterocycles. The van der Waals surface area contributed by atoms with E-state index in [1.54, 1.807) is 12.1 Å². The number of phenolic OH excluding ortho intramolecular Hbond substituents is 1. The Morgan fingerprint density at radius 2 is 1.75 bits per heavy atom. The van der Waals surface area contributed by atoms with E-state index in [2.05, 4.69) is 13.8 Å². The highest BCUT2D eigenvalue weighted by Gasteiger charge is 2.60. The van der Waals surface area contributed by atoms with E-state index < -0.39 is 0 Å². The maximum atomic E-state index is 12.4. The molecule has 0 saturated heterocycles. The van der Waals surface area contributed by atoms with Gasteiger partial charge in [-0.1, -0.05) is 31.6 Å². The number of hydrogen-bond donors (Lipinski definition) is 2. The standard InChI is InChI=1S/C25H32O3/c1-24-11-9-17(27)13-22(24)18(15-3-5-16(26)6-4-15)14-19-20-7-8-23(28)25(20,2)12-10-21(19)24/h3-6,13,18-21,23,26,28H,7-12,14H2,1-2H3/t18-,19-,20-,21-,23-,24+,25-/m0/s1. The summed E-state index contributed by atoms with van der Waals surface area (Å²) >= 11 is 0. The summed E-state index contributed by atoms with van der Waals surface area (Å²) in [6.45, 7) is 4.72. The minimum Gasteiger partial charge on any atom is -0.508 e. The minimum absolute atomic E-state index is 0.0583. The number of benzene rings is 1. The monoisotopic (exact) mass is 380 g/mol. The SMILES string of the molecule is C[C@]12CC[C@H]3[C@@H](C[C@@H](c4ccc(O)cc4)C4=CC(=O)CC[C@@]43C)[C@@H]1CC[C@@H]2O. The topological polar surface area (TPSA) is 57.5 Å². The van der Waals surface area contributed by atoms with Crippen LogP contribution in [0.4, 0.5) is 0 Å². The number of aliphatic hydroxyl groups is 1. The number of allylic oxidation sites excluding steroid dienone is 1. The Balaban J connectivity index is 1.60. The van der Waals surface area contributed by atoms with Crippen LogP contribution in [-0.4, -0.2) is 22.1 Å². The van der Waals surface area contributed by atoms with E-state index in [4.69, 9.17) is 0 Å². The molecule has 1 aromatic carbocycles. The second-order valence-corrected chi connectivity index (χ2v) is 10.4. The van der Waals surface area contributed by atoms with Crippen LogP contribution >= 0.6 is 0 Å². The third kappa shape index (κ3) is 2.48. The number of aliphatic hydroxyl groups excluding tert-OH is 1. The number of fused-ring (bicyclic) bond motifs is 5. The summed E-state index contributed by atoms with van der Waals surface area (Å²) in [5, 5.41) is 20.5. The molecule has 3 saturated carbocycles. The fourth-order valence-electron chi connectivity index (χ4n) is 7.64. The van der Waals surface area contributed by atoms with Crippen LogP contribution in [0.2, 0.25) is 0 Å². The summed E-state index contributed by atoms with van der Waals surface area (Å²) < 4.78 is 0. The third-order valence-electron chi connectivity index (χ3n) is 9.25. The molecule has 150 valence electrons. The number of phenols is 1. The van der Waals surface area contributed by atoms with Crippen molar-refractivity contribution in [1.29, 1.82) is 0 Å². The van der Waals surface area contributed by atoms with Gasteiger partial charge in [-0.15, -0.1) is 0 Å². The number of carbonyl (C=O) groups is 1. The highest BCUT2D eigenvalue weighted by atomic mass is 16.3. The summed E-state index contributed by atoms with van der Waals surface area (Å²) in [4.78, 5) is 12.4. The van der Waals surface area contributed by atoms with Crippen molar-refractivity contribution in [2.24, 2.45) is 28.6 Å². The molecule has 0 radical (unpaired) electrons. The van der Waals surface area contributed by atoms with E-state index in [9.17, 15) is 15.0 Å². The van der Waals surface area contributed by atoms with Crippen molar-refractivity contribution in [3.05, 3.63) is 41.5 Å². The van der Waals surface area contributed by atoms with Crippen molar-refractivity contribution < 1.29 is 15.0 Å². The summed E-state index contributed by atoms with van der Waals surface area (Å²) in [5.41, 5.74) is 2.68. The highest BCUT2D eigenvalue weighted by Crippen LogP contribution is 2.67. The van der Waals surface area contributed by atoms with Gasteiger partial charge in [0.1, 0.15) is 5.75 Å². The van der Waals surface area contributed by atoms with Crippen LogP contribution in [0.25, 0.3) is 0 Å². The molecule has 5 rings (SSSR count). The first kappa shape index (κ1) is 18.4. The zero-order valence-electron chi connectivity index (χ0n) is 17.0. The number of rotatable bonds is 1. The molecule has 0 amide bonds. The van der Waals surface area contributed by atoms with Crippen LogP contribution in [0.1, 0.15) is 70.3 Å². The zero-order valence-corrected chi connectivity index (χ0v) is 17.0. The van der Waals surface area contributed by atoms with Crippen molar-refractivity contribution >= 4 is 5.78 Å². The molecule has 0 spiro atoms. The van der Waals surface area contributed by atoms with Gasteiger partial charge in [0, 0.05) is 12.3 Å². The van der Waals surface area contributed by atoms with Crippen LogP contribution in [0.3, 0.4) is 0 Å². The number of carbonyl (C=O) groups excluding carboxylic acids is 1. The van der Waals surface area contributed by atoms with Crippen molar-refractivity contribution in [3.8, 4) is 5.75 Å². The largest absolute Gasteiger partial charge is 0.508 e. The minimum atomic E-state index is -0.164. The van der Waals surface area contributed by atoms with Gasteiger partial charge in [0.05, 0.1) is 6.10 Å². The molecule has 28 heavy (non-hydrogen) atoms. The average Bonchev–Trinajstić information content (AvgIpc) is 2.98. The molecular formula is C25H32O3. The van der Waals surface area contributed by atoms with Crippen LogP contribution < -0.4 is 0 Å². The molecule has 4 aliphatic carbocycles. The summed E-state index contributed by atoms with van der Waals surface area (Å²) in [6.07, 6.45) is 8.84. The fraction of sp³-hybridized carbons (Fsp3) is 0.640. The van der Waals surface area contributed by atoms with E-state index in [0.29, 0.717) is 24.2 Å². The number of ketones is 1. The molecule has 0 aromatic heterocycles. The molecule has 0 heterocycles. The van der Waals surface area contributed by atoms with E-state index in [1.807, 2.05) is 18.2 Å². The molecule has 0 bridgehead atoms. The summed E-state index contributed by atoms with van der Waals surface area (Å²) in [7, 11) is 0. The van der Waals surface area contributed by atoms with Crippen LogP contribution in [0, 0.1) is 28.6 Å².